The Kier molecular flexibility index (Phi) is 5.24. The number of aromatic nitrogens is 2. The van der Waals surface area contributed by atoms with Crippen LogP contribution in [0.5, 0.6) is 0 Å². The molecule has 0 N–H and O–H groups in total. The van der Waals surface area contributed by atoms with Gasteiger partial charge in [0.25, 0.3) is 0 Å². The highest BCUT2D eigenvalue weighted by molar-refractivity contribution is 7.99. The number of benzene rings is 2. The van der Waals surface area contributed by atoms with E-state index in [4.69, 9.17) is 0 Å². The maximum atomic E-state index is 12.1. The van der Waals surface area contributed by atoms with Gasteiger partial charge in [0, 0.05) is 23.3 Å². The molecule has 0 amide bonds. The fraction of sp³-hybridized carbons (Fsp3) is 0. The lowest BCUT2D eigenvalue weighted by Gasteiger charge is -2.04. The van der Waals surface area contributed by atoms with Gasteiger partial charge in [0.05, 0.1) is 0 Å². The van der Waals surface area contributed by atoms with Gasteiger partial charge in [-0.3, -0.25) is 9.59 Å². The van der Waals surface area contributed by atoms with Gasteiger partial charge in [0.15, 0.2) is 0 Å². The topological polar surface area (TPSA) is 59.9 Å². The summed E-state index contributed by atoms with van der Waals surface area (Å²) in [6.07, 6.45) is 0. The van der Waals surface area contributed by atoms with E-state index in [-0.39, 0.29) is 9.48 Å². The molecule has 4 rings (SSSR count). The predicted molar refractivity (Wildman–Crippen MR) is 112 cm³/mol. The Bertz CT molecular complexity index is 1090. The second-order valence-electron chi connectivity index (χ2n) is 5.48. The fourth-order valence-electron chi connectivity index (χ4n) is 2.38. The van der Waals surface area contributed by atoms with Crippen LogP contribution in [0.3, 0.4) is 0 Å². The van der Waals surface area contributed by atoms with Crippen LogP contribution < -0.4 is 9.48 Å². The average molecular weight is 409 g/mol. The van der Waals surface area contributed by atoms with Crippen LogP contribution >= 0.6 is 34.4 Å². The maximum absolute atomic E-state index is 12.1. The molecule has 2 aromatic carbocycles. The zero-order valence-corrected chi connectivity index (χ0v) is 16.3. The Morgan fingerprint density at radius 2 is 1.04 bits per heavy atom. The maximum Gasteiger partial charge on any atom is 0.237 e. The summed E-state index contributed by atoms with van der Waals surface area (Å²) >= 11 is 3.42. The van der Waals surface area contributed by atoms with E-state index in [1.165, 1.54) is 23.9 Å². The van der Waals surface area contributed by atoms with Crippen molar-refractivity contribution in [2.75, 3.05) is 0 Å². The lowest BCUT2D eigenvalue weighted by atomic mass is 10.2. The summed E-state index contributed by atoms with van der Waals surface area (Å²) in [4.78, 5) is 33.4. The highest BCUT2D eigenvalue weighted by atomic mass is 32.2. The van der Waals surface area contributed by atoms with Gasteiger partial charge in [-0.2, -0.15) is 0 Å². The van der Waals surface area contributed by atoms with Crippen molar-refractivity contribution in [3.05, 3.63) is 91.9 Å². The molecule has 0 saturated heterocycles. The van der Waals surface area contributed by atoms with Gasteiger partial charge in [0.2, 0.25) is 9.48 Å². The molecule has 0 aliphatic heterocycles. The molecule has 4 nitrogen and oxygen atoms in total. The Morgan fingerprint density at radius 1 is 0.630 bits per heavy atom. The third-order valence-electron chi connectivity index (χ3n) is 3.55. The van der Waals surface area contributed by atoms with Crippen molar-refractivity contribution in [3.8, 4) is 21.1 Å². The molecule has 0 saturated carbocycles. The molecule has 0 bridgehead atoms. The van der Waals surface area contributed by atoms with Crippen LogP contribution in [0, 0.1) is 0 Å². The van der Waals surface area contributed by atoms with E-state index in [2.05, 4.69) is 9.97 Å². The van der Waals surface area contributed by atoms with Crippen LogP contribution in [0.4, 0.5) is 0 Å². The van der Waals surface area contributed by atoms with E-state index in [9.17, 15) is 9.59 Å². The largest absolute Gasteiger partial charge is 0.278 e. The summed E-state index contributed by atoms with van der Waals surface area (Å²) < 4.78 is -0.175. The minimum atomic E-state index is -0.0873. The zero-order chi connectivity index (χ0) is 18.6. The first kappa shape index (κ1) is 17.8. The molecule has 27 heavy (non-hydrogen) atoms. The Hall–Kier alpha value is -2.61. The molecule has 0 radical (unpaired) electrons. The Morgan fingerprint density at radius 3 is 1.44 bits per heavy atom. The molecule has 0 atom stereocenters. The average Bonchev–Trinajstić information content (AvgIpc) is 2.68. The third kappa shape index (κ3) is 4.39. The van der Waals surface area contributed by atoms with Gasteiger partial charge in [-0.1, -0.05) is 83.3 Å². The highest BCUT2D eigenvalue weighted by Gasteiger charge is 2.10. The van der Waals surface area contributed by atoms with Crippen molar-refractivity contribution in [2.45, 2.75) is 10.1 Å². The Balaban J connectivity index is 1.71. The second kappa shape index (κ2) is 7.96. The number of hydrogen-bond donors (Lipinski definition) is 0. The van der Waals surface area contributed by atoms with Gasteiger partial charge in [-0.05, 0) is 11.8 Å². The molecule has 132 valence electrons. The smallest absolute Gasteiger partial charge is 0.237 e. The highest BCUT2D eigenvalue weighted by Crippen LogP contribution is 2.29. The molecule has 0 spiro atoms. The van der Waals surface area contributed by atoms with E-state index in [0.29, 0.717) is 20.1 Å². The molecule has 0 aliphatic rings. The summed E-state index contributed by atoms with van der Waals surface area (Å²) in [7, 11) is 0. The summed E-state index contributed by atoms with van der Waals surface area (Å²) in [6, 6.07) is 22.1. The lowest BCUT2D eigenvalue weighted by Crippen LogP contribution is -1.99. The number of nitrogens with zero attached hydrogens (tertiary/aromatic N) is 2. The van der Waals surface area contributed by atoms with E-state index < -0.39 is 0 Å². The van der Waals surface area contributed by atoms with Crippen molar-refractivity contribution in [2.24, 2.45) is 0 Å². The van der Waals surface area contributed by atoms with Crippen LogP contribution in [-0.4, -0.2) is 9.97 Å². The van der Waals surface area contributed by atoms with Crippen LogP contribution in [0.1, 0.15) is 0 Å². The van der Waals surface area contributed by atoms with Crippen LogP contribution in [-0.2, 0) is 0 Å². The summed E-state index contributed by atoms with van der Waals surface area (Å²) in [5.74, 6) is 0. The van der Waals surface area contributed by atoms with E-state index in [0.717, 1.165) is 33.8 Å². The van der Waals surface area contributed by atoms with Gasteiger partial charge in [-0.15, -0.1) is 0 Å². The SMILES string of the molecule is O=c1cc(Sc2cc(=O)sc(-c3ccccc3)n2)nc(-c2ccccc2)s1. The van der Waals surface area contributed by atoms with E-state index >= 15 is 0 Å². The second-order valence-corrected chi connectivity index (χ2v) is 8.50. The molecular formula is C20H12N2O2S3. The summed E-state index contributed by atoms with van der Waals surface area (Å²) in [5, 5.41) is 2.35. The molecular weight excluding hydrogens is 396 g/mol. The first-order valence-electron chi connectivity index (χ1n) is 8.00. The van der Waals surface area contributed by atoms with Gasteiger partial charge in [0.1, 0.15) is 20.1 Å². The van der Waals surface area contributed by atoms with Crippen molar-refractivity contribution < 1.29 is 0 Å². The van der Waals surface area contributed by atoms with Crippen molar-refractivity contribution >= 4 is 34.4 Å². The standard InChI is InChI=1S/C20H12N2O2S3/c23-17-11-15(21-19(26-17)13-7-3-1-4-8-13)25-16-12-18(24)27-20(22-16)14-9-5-2-6-10-14/h1-12H. The van der Waals surface area contributed by atoms with Crippen LogP contribution in [0.25, 0.3) is 21.1 Å². The minimum absolute atomic E-state index is 0.0873. The molecule has 2 aromatic heterocycles. The predicted octanol–water partition coefficient (Wildman–Crippen LogP) is 4.81. The Labute approximate surface area is 167 Å². The molecule has 7 heteroatoms. The van der Waals surface area contributed by atoms with Crippen molar-refractivity contribution in [3.63, 3.8) is 0 Å². The first-order valence-corrected chi connectivity index (χ1v) is 10.5. The normalized spacial score (nSPS) is 10.7. The van der Waals surface area contributed by atoms with Crippen LogP contribution in [0.15, 0.2) is 92.4 Å². The first-order chi connectivity index (χ1) is 13.2. The van der Waals surface area contributed by atoms with E-state index in [1.54, 1.807) is 0 Å². The van der Waals surface area contributed by atoms with Gasteiger partial charge < -0.3 is 0 Å². The monoisotopic (exact) mass is 408 g/mol. The third-order valence-corrected chi connectivity index (χ3v) is 6.07. The quantitative estimate of drug-likeness (QED) is 0.485. The zero-order valence-electron chi connectivity index (χ0n) is 13.9. The summed E-state index contributed by atoms with van der Waals surface area (Å²) in [6.45, 7) is 0. The number of hydrogen-bond acceptors (Lipinski definition) is 7. The molecule has 0 unspecified atom stereocenters. The van der Waals surface area contributed by atoms with Gasteiger partial charge in [-0.25, -0.2) is 9.97 Å². The van der Waals surface area contributed by atoms with Crippen molar-refractivity contribution in [1.29, 1.82) is 0 Å². The molecule has 2 heterocycles. The summed E-state index contributed by atoms with van der Waals surface area (Å²) in [5.41, 5.74) is 1.78. The van der Waals surface area contributed by atoms with E-state index in [1.807, 2.05) is 60.7 Å². The molecule has 0 fully saturated rings. The molecule has 0 aliphatic carbocycles. The van der Waals surface area contributed by atoms with Crippen LogP contribution in [0.2, 0.25) is 0 Å². The fourth-order valence-corrected chi connectivity index (χ4v) is 4.98. The minimum Gasteiger partial charge on any atom is -0.278 e. The lowest BCUT2D eigenvalue weighted by molar-refractivity contribution is 1.12. The molecule has 4 aromatic rings. The number of rotatable bonds is 4. The van der Waals surface area contributed by atoms with Gasteiger partial charge >= 0.3 is 0 Å². The van der Waals surface area contributed by atoms with Crippen molar-refractivity contribution in [1.82, 2.24) is 9.97 Å².